The second kappa shape index (κ2) is 7.07. The number of nitrogens with zero attached hydrogens (tertiary/aromatic N) is 2. The van der Waals surface area contributed by atoms with Crippen LogP contribution in [0.3, 0.4) is 0 Å². The summed E-state index contributed by atoms with van der Waals surface area (Å²) < 4.78 is 5.44. The van der Waals surface area contributed by atoms with Crippen molar-refractivity contribution in [3.63, 3.8) is 0 Å². The molecule has 2 unspecified atom stereocenters. The van der Waals surface area contributed by atoms with Crippen LogP contribution in [0.15, 0.2) is 12.4 Å². The second-order valence-corrected chi connectivity index (χ2v) is 5.13. The van der Waals surface area contributed by atoms with E-state index in [-0.39, 0.29) is 12.0 Å². The smallest absolute Gasteiger partial charge is 0.306 e. The molecule has 0 spiro atoms. The average Bonchev–Trinajstić information content (AvgIpc) is 2.46. The summed E-state index contributed by atoms with van der Waals surface area (Å²) in [5.74, 6) is 0.188. The highest BCUT2D eigenvalue weighted by Crippen LogP contribution is 2.26. The molecule has 1 fully saturated rings. The van der Waals surface area contributed by atoms with Crippen LogP contribution in [0, 0.1) is 5.92 Å². The molecule has 6 heteroatoms. The quantitative estimate of drug-likeness (QED) is 0.831. The van der Waals surface area contributed by atoms with E-state index in [1.807, 2.05) is 6.92 Å². The Bertz CT molecular complexity index is 453. The first-order chi connectivity index (χ1) is 9.69. The molecule has 1 aromatic heterocycles. The first-order valence-electron chi connectivity index (χ1n) is 7.13. The van der Waals surface area contributed by atoms with Crippen molar-refractivity contribution >= 4 is 11.8 Å². The molecule has 0 bridgehead atoms. The van der Waals surface area contributed by atoms with Gasteiger partial charge in [-0.05, 0) is 25.7 Å². The standard InChI is InChI=1S/C14H21N3O3/c1-2-6-20-13-9-15-8-12(17-13)16-11-5-3-4-10(7-11)14(18)19/h8-11H,2-7H2,1H3,(H,16,17)(H,18,19). The third-order valence-corrected chi connectivity index (χ3v) is 3.44. The van der Waals surface area contributed by atoms with E-state index in [0.717, 1.165) is 25.7 Å². The summed E-state index contributed by atoms with van der Waals surface area (Å²) in [6, 6.07) is 0.139. The fraction of sp³-hybridized carbons (Fsp3) is 0.643. The van der Waals surface area contributed by atoms with Crippen molar-refractivity contribution in [1.82, 2.24) is 9.97 Å². The number of nitrogens with one attached hydrogen (secondary N) is 1. The number of anilines is 1. The number of carbonyl (C=O) groups is 1. The number of carboxylic acids is 1. The average molecular weight is 279 g/mol. The highest BCUT2D eigenvalue weighted by atomic mass is 16.5. The van der Waals surface area contributed by atoms with Gasteiger partial charge in [0.15, 0.2) is 0 Å². The van der Waals surface area contributed by atoms with Crippen LogP contribution in [0.2, 0.25) is 0 Å². The number of hydrogen-bond donors (Lipinski definition) is 2. The van der Waals surface area contributed by atoms with Gasteiger partial charge in [-0.3, -0.25) is 9.78 Å². The Labute approximate surface area is 118 Å². The molecule has 0 aliphatic heterocycles. The molecule has 0 radical (unpaired) electrons. The molecular formula is C14H21N3O3. The molecule has 2 atom stereocenters. The second-order valence-electron chi connectivity index (χ2n) is 5.13. The van der Waals surface area contributed by atoms with Gasteiger partial charge in [0.05, 0.1) is 24.9 Å². The highest BCUT2D eigenvalue weighted by molar-refractivity contribution is 5.70. The molecule has 1 saturated carbocycles. The summed E-state index contributed by atoms with van der Waals surface area (Å²) in [4.78, 5) is 19.5. The third-order valence-electron chi connectivity index (χ3n) is 3.44. The molecule has 0 saturated heterocycles. The monoisotopic (exact) mass is 279 g/mol. The van der Waals surface area contributed by atoms with E-state index in [2.05, 4.69) is 15.3 Å². The van der Waals surface area contributed by atoms with Gasteiger partial charge in [0.1, 0.15) is 5.82 Å². The number of ether oxygens (including phenoxy) is 1. The lowest BCUT2D eigenvalue weighted by Gasteiger charge is -2.27. The maximum Gasteiger partial charge on any atom is 0.306 e. The maximum atomic E-state index is 11.0. The summed E-state index contributed by atoms with van der Waals surface area (Å²) in [5.41, 5.74) is 0. The fourth-order valence-corrected chi connectivity index (χ4v) is 2.45. The Morgan fingerprint density at radius 2 is 2.35 bits per heavy atom. The molecule has 1 aliphatic carbocycles. The first-order valence-corrected chi connectivity index (χ1v) is 7.13. The van der Waals surface area contributed by atoms with Crippen molar-refractivity contribution in [2.45, 2.75) is 45.1 Å². The zero-order valence-electron chi connectivity index (χ0n) is 11.7. The van der Waals surface area contributed by atoms with Crippen LogP contribution in [0.4, 0.5) is 5.82 Å². The number of aliphatic carboxylic acids is 1. The largest absolute Gasteiger partial charge is 0.481 e. The van der Waals surface area contributed by atoms with Crippen LogP contribution in [0.25, 0.3) is 0 Å². The highest BCUT2D eigenvalue weighted by Gasteiger charge is 2.27. The van der Waals surface area contributed by atoms with E-state index in [1.54, 1.807) is 12.4 Å². The maximum absolute atomic E-state index is 11.0. The van der Waals surface area contributed by atoms with E-state index in [1.165, 1.54) is 0 Å². The Balaban J connectivity index is 1.93. The van der Waals surface area contributed by atoms with Gasteiger partial charge in [-0.25, -0.2) is 0 Å². The summed E-state index contributed by atoms with van der Waals surface area (Å²) in [6.45, 7) is 2.65. The van der Waals surface area contributed by atoms with Gasteiger partial charge in [0.2, 0.25) is 5.88 Å². The van der Waals surface area contributed by atoms with Crippen molar-refractivity contribution in [2.75, 3.05) is 11.9 Å². The van der Waals surface area contributed by atoms with Crippen molar-refractivity contribution < 1.29 is 14.6 Å². The lowest BCUT2D eigenvalue weighted by Crippen LogP contribution is -2.31. The predicted octanol–water partition coefficient (Wildman–Crippen LogP) is 2.32. The van der Waals surface area contributed by atoms with E-state index in [4.69, 9.17) is 9.84 Å². The minimum atomic E-state index is -0.706. The van der Waals surface area contributed by atoms with E-state index >= 15 is 0 Å². The molecule has 1 aromatic rings. The van der Waals surface area contributed by atoms with E-state index in [0.29, 0.717) is 24.7 Å². The van der Waals surface area contributed by atoms with Gasteiger partial charge in [-0.2, -0.15) is 4.98 Å². The van der Waals surface area contributed by atoms with Gasteiger partial charge < -0.3 is 15.2 Å². The van der Waals surface area contributed by atoms with Gasteiger partial charge in [0.25, 0.3) is 0 Å². The molecule has 6 nitrogen and oxygen atoms in total. The van der Waals surface area contributed by atoms with Gasteiger partial charge >= 0.3 is 5.97 Å². The summed E-state index contributed by atoms with van der Waals surface area (Å²) >= 11 is 0. The lowest BCUT2D eigenvalue weighted by molar-refractivity contribution is -0.142. The number of aromatic nitrogens is 2. The Kier molecular flexibility index (Phi) is 5.15. The molecular weight excluding hydrogens is 258 g/mol. The van der Waals surface area contributed by atoms with Crippen LogP contribution in [-0.4, -0.2) is 33.7 Å². The van der Waals surface area contributed by atoms with Crippen LogP contribution in [0.1, 0.15) is 39.0 Å². The molecule has 20 heavy (non-hydrogen) atoms. The van der Waals surface area contributed by atoms with Crippen LogP contribution in [-0.2, 0) is 4.79 Å². The number of hydrogen-bond acceptors (Lipinski definition) is 5. The normalized spacial score (nSPS) is 22.2. The fourth-order valence-electron chi connectivity index (χ4n) is 2.45. The van der Waals surface area contributed by atoms with E-state index in [9.17, 15) is 4.79 Å². The predicted molar refractivity (Wildman–Crippen MR) is 74.8 cm³/mol. The zero-order chi connectivity index (χ0) is 14.4. The van der Waals surface area contributed by atoms with Crippen molar-refractivity contribution in [3.8, 4) is 5.88 Å². The third kappa shape index (κ3) is 4.08. The molecule has 0 aromatic carbocycles. The van der Waals surface area contributed by atoms with Crippen LogP contribution < -0.4 is 10.1 Å². The molecule has 0 amide bonds. The summed E-state index contributed by atoms with van der Waals surface area (Å²) in [5, 5.41) is 12.4. The Hall–Kier alpha value is -1.85. The number of rotatable bonds is 6. The van der Waals surface area contributed by atoms with Crippen molar-refractivity contribution in [1.29, 1.82) is 0 Å². The van der Waals surface area contributed by atoms with Gasteiger partial charge in [0, 0.05) is 6.04 Å². The van der Waals surface area contributed by atoms with E-state index < -0.39 is 5.97 Å². The molecule has 110 valence electrons. The molecule has 2 N–H and O–H groups in total. The van der Waals surface area contributed by atoms with Crippen LogP contribution >= 0.6 is 0 Å². The van der Waals surface area contributed by atoms with Crippen molar-refractivity contribution in [2.24, 2.45) is 5.92 Å². The topological polar surface area (TPSA) is 84.3 Å². The Morgan fingerprint density at radius 3 is 3.10 bits per heavy atom. The Morgan fingerprint density at radius 1 is 1.50 bits per heavy atom. The molecule has 1 heterocycles. The lowest BCUT2D eigenvalue weighted by atomic mass is 9.86. The summed E-state index contributed by atoms with van der Waals surface area (Å²) in [7, 11) is 0. The first kappa shape index (κ1) is 14.6. The van der Waals surface area contributed by atoms with Gasteiger partial charge in [-0.15, -0.1) is 0 Å². The van der Waals surface area contributed by atoms with Crippen molar-refractivity contribution in [3.05, 3.63) is 12.4 Å². The van der Waals surface area contributed by atoms with Crippen LogP contribution in [0.5, 0.6) is 5.88 Å². The minimum absolute atomic E-state index is 0.139. The molecule has 1 aliphatic rings. The minimum Gasteiger partial charge on any atom is -0.481 e. The number of carboxylic acid groups (broad SMARTS) is 1. The SMILES string of the molecule is CCCOc1cncc(NC2CCCC(C(=O)O)C2)n1. The van der Waals surface area contributed by atoms with Gasteiger partial charge in [-0.1, -0.05) is 13.3 Å². The zero-order valence-corrected chi connectivity index (χ0v) is 11.7. The molecule has 2 rings (SSSR count). The summed E-state index contributed by atoms with van der Waals surface area (Å²) in [6.07, 6.45) is 7.43.